The van der Waals surface area contributed by atoms with Gasteiger partial charge < -0.3 is 14.0 Å². The summed E-state index contributed by atoms with van der Waals surface area (Å²) in [7, 11) is 0. The summed E-state index contributed by atoms with van der Waals surface area (Å²) in [6, 6.07) is 12.5. The van der Waals surface area contributed by atoms with Gasteiger partial charge in [-0.3, -0.25) is 4.90 Å². The second-order valence-electron chi connectivity index (χ2n) is 10.1. The van der Waals surface area contributed by atoms with Gasteiger partial charge in [-0.2, -0.15) is 0 Å². The van der Waals surface area contributed by atoms with Gasteiger partial charge in [-0.25, -0.2) is 9.97 Å². The molecule has 2 aromatic carbocycles. The summed E-state index contributed by atoms with van der Waals surface area (Å²) in [5.74, 6) is 1.81. The van der Waals surface area contributed by atoms with Crippen molar-refractivity contribution >= 4 is 58.4 Å². The number of hydrogen-bond acceptors (Lipinski definition) is 4. The van der Waals surface area contributed by atoms with Crippen molar-refractivity contribution in [3.63, 3.8) is 0 Å². The van der Waals surface area contributed by atoms with E-state index in [0.717, 1.165) is 40.6 Å². The average Bonchev–Trinajstić information content (AvgIpc) is 3.56. The van der Waals surface area contributed by atoms with Crippen LogP contribution in [0.2, 0.25) is 5.02 Å². The van der Waals surface area contributed by atoms with Crippen molar-refractivity contribution in [1.29, 1.82) is 0 Å². The zero-order valence-electron chi connectivity index (χ0n) is 21.0. The Balaban J connectivity index is 0.00000160. The summed E-state index contributed by atoms with van der Waals surface area (Å²) >= 11 is 6.34. The van der Waals surface area contributed by atoms with Gasteiger partial charge in [0.25, 0.3) is 0 Å². The molecule has 0 radical (unpaired) electrons. The van der Waals surface area contributed by atoms with Crippen molar-refractivity contribution in [2.75, 3.05) is 13.1 Å². The molecule has 0 bridgehead atoms. The molecule has 5 aromatic rings. The smallest absolute Gasteiger partial charge is 0.228 e. The van der Waals surface area contributed by atoms with Crippen LogP contribution in [-0.4, -0.2) is 37.5 Å². The highest BCUT2D eigenvalue weighted by atomic mass is 35.5. The molecule has 1 fully saturated rings. The van der Waals surface area contributed by atoms with Crippen molar-refractivity contribution < 1.29 is 4.42 Å². The second kappa shape index (κ2) is 11.5. The number of oxazole rings is 1. The van der Waals surface area contributed by atoms with E-state index in [1.165, 1.54) is 37.9 Å². The molecule has 0 atom stereocenters. The van der Waals surface area contributed by atoms with E-state index in [9.17, 15) is 0 Å². The van der Waals surface area contributed by atoms with Gasteiger partial charge in [-0.15, -0.1) is 24.8 Å². The summed E-state index contributed by atoms with van der Waals surface area (Å²) < 4.78 is 8.21. The molecule has 4 heterocycles. The Bertz CT molecular complexity index is 1500. The van der Waals surface area contributed by atoms with E-state index < -0.39 is 0 Å². The third kappa shape index (κ3) is 5.68. The number of rotatable bonds is 6. The molecular weight excluding hydrogens is 529 g/mol. The van der Waals surface area contributed by atoms with E-state index in [1.807, 2.05) is 12.1 Å². The predicted molar refractivity (Wildman–Crippen MR) is 156 cm³/mol. The Morgan fingerprint density at radius 3 is 2.62 bits per heavy atom. The molecule has 0 unspecified atom stereocenters. The molecule has 3 aromatic heterocycles. The molecule has 1 aliphatic heterocycles. The van der Waals surface area contributed by atoms with E-state index in [1.54, 1.807) is 6.26 Å². The second-order valence-corrected chi connectivity index (χ2v) is 10.5. The van der Waals surface area contributed by atoms with Gasteiger partial charge in [0.1, 0.15) is 12.0 Å². The maximum absolute atomic E-state index is 6.34. The van der Waals surface area contributed by atoms with Crippen molar-refractivity contribution in [3.05, 3.63) is 59.4 Å². The minimum Gasteiger partial charge on any atom is -0.444 e. The van der Waals surface area contributed by atoms with Gasteiger partial charge in [0.15, 0.2) is 5.82 Å². The molecule has 1 saturated heterocycles. The van der Waals surface area contributed by atoms with Crippen molar-refractivity contribution in [1.82, 2.24) is 24.4 Å². The van der Waals surface area contributed by atoms with E-state index in [-0.39, 0.29) is 24.8 Å². The van der Waals surface area contributed by atoms with Crippen LogP contribution in [0.25, 0.3) is 44.9 Å². The highest BCUT2D eigenvalue weighted by Crippen LogP contribution is 2.34. The Hall–Kier alpha value is -2.51. The minimum absolute atomic E-state index is 0. The lowest BCUT2D eigenvalue weighted by Gasteiger charge is -2.26. The highest BCUT2D eigenvalue weighted by molar-refractivity contribution is 6.31. The first-order chi connectivity index (χ1) is 17.0. The van der Waals surface area contributed by atoms with Crippen LogP contribution in [0.15, 0.2) is 53.3 Å². The van der Waals surface area contributed by atoms with Crippen LogP contribution in [0.3, 0.4) is 0 Å². The highest BCUT2D eigenvalue weighted by Gasteiger charge is 2.18. The number of aromatic amines is 1. The lowest BCUT2D eigenvalue weighted by atomic mass is 10.1. The Morgan fingerprint density at radius 2 is 1.84 bits per heavy atom. The summed E-state index contributed by atoms with van der Waals surface area (Å²) in [6.45, 7) is 8.69. The fraction of sp³-hybridized carbons (Fsp3) is 0.357. The van der Waals surface area contributed by atoms with Gasteiger partial charge in [0.2, 0.25) is 5.89 Å². The summed E-state index contributed by atoms with van der Waals surface area (Å²) in [4.78, 5) is 15.6. The lowest BCUT2D eigenvalue weighted by molar-refractivity contribution is 0.221. The zero-order valence-corrected chi connectivity index (χ0v) is 23.4. The number of piperidine rings is 1. The van der Waals surface area contributed by atoms with Crippen LogP contribution in [0.4, 0.5) is 0 Å². The van der Waals surface area contributed by atoms with Crippen molar-refractivity contribution in [3.8, 4) is 23.0 Å². The van der Waals surface area contributed by atoms with Crippen LogP contribution < -0.4 is 0 Å². The minimum atomic E-state index is 0. The molecule has 37 heavy (non-hydrogen) atoms. The summed E-state index contributed by atoms with van der Waals surface area (Å²) in [6.07, 6.45) is 7.74. The first-order valence-corrected chi connectivity index (χ1v) is 12.9. The summed E-state index contributed by atoms with van der Waals surface area (Å²) in [5.41, 5.74) is 6.03. The van der Waals surface area contributed by atoms with Crippen LogP contribution in [0.1, 0.15) is 38.7 Å². The summed E-state index contributed by atoms with van der Waals surface area (Å²) in [5, 5.41) is 1.74. The van der Waals surface area contributed by atoms with E-state index in [2.05, 4.69) is 58.8 Å². The Kier molecular flexibility index (Phi) is 8.54. The molecule has 9 heteroatoms. The Morgan fingerprint density at radius 1 is 1.03 bits per heavy atom. The van der Waals surface area contributed by atoms with Crippen molar-refractivity contribution in [2.45, 2.75) is 46.2 Å². The van der Waals surface area contributed by atoms with Gasteiger partial charge in [0, 0.05) is 35.2 Å². The molecule has 196 valence electrons. The van der Waals surface area contributed by atoms with Crippen LogP contribution >= 0.6 is 36.4 Å². The van der Waals surface area contributed by atoms with Crippen LogP contribution in [-0.2, 0) is 13.1 Å². The van der Waals surface area contributed by atoms with Gasteiger partial charge in [0.05, 0.1) is 16.6 Å². The molecule has 0 aliphatic carbocycles. The quantitative estimate of drug-likeness (QED) is 0.229. The monoisotopic (exact) mass is 559 g/mol. The average molecular weight is 561 g/mol. The van der Waals surface area contributed by atoms with E-state index >= 15 is 0 Å². The normalized spacial score (nSPS) is 14.3. The molecular formula is C28H32Cl3N5O. The van der Waals surface area contributed by atoms with Crippen LogP contribution in [0.5, 0.6) is 0 Å². The van der Waals surface area contributed by atoms with Gasteiger partial charge >= 0.3 is 0 Å². The Labute approximate surface area is 234 Å². The molecule has 6 rings (SSSR count). The van der Waals surface area contributed by atoms with E-state index in [4.69, 9.17) is 26.0 Å². The van der Waals surface area contributed by atoms with Crippen molar-refractivity contribution in [2.24, 2.45) is 5.92 Å². The standard InChI is InChI=1S/C28H30ClN5O.2ClH/c1-18(2)14-34-16-22(21-13-20(29)7-9-26(21)34)28-32-25(17-35-28)27-30-23-8-6-19(12-24(23)31-27)15-33-10-4-3-5-11-33;;/h6-9,12-13,16-18H,3-5,10-11,14-15H2,1-2H3,(H,30,31);2*1H. The maximum Gasteiger partial charge on any atom is 0.228 e. The number of benzene rings is 2. The number of halogens is 3. The number of nitrogens with zero attached hydrogens (tertiary/aromatic N) is 4. The molecule has 0 spiro atoms. The first kappa shape index (κ1) is 27.5. The fourth-order valence-corrected chi connectivity index (χ4v) is 5.31. The predicted octanol–water partition coefficient (Wildman–Crippen LogP) is 7.98. The first-order valence-electron chi connectivity index (χ1n) is 12.5. The van der Waals surface area contributed by atoms with E-state index in [0.29, 0.717) is 28.3 Å². The number of fused-ring (bicyclic) bond motifs is 2. The molecule has 1 aliphatic rings. The number of H-pyrrole nitrogens is 1. The molecule has 0 amide bonds. The number of imidazole rings is 1. The molecule has 6 nitrogen and oxygen atoms in total. The topological polar surface area (TPSA) is 62.9 Å². The van der Waals surface area contributed by atoms with Gasteiger partial charge in [-0.1, -0.05) is 37.9 Å². The van der Waals surface area contributed by atoms with Gasteiger partial charge in [-0.05, 0) is 67.7 Å². The molecule has 1 N–H and O–H groups in total. The zero-order chi connectivity index (χ0) is 23.9. The third-order valence-electron chi connectivity index (χ3n) is 6.78. The third-order valence-corrected chi connectivity index (χ3v) is 7.02. The number of nitrogens with one attached hydrogen (secondary N) is 1. The number of likely N-dealkylation sites (tertiary alicyclic amines) is 1. The lowest BCUT2D eigenvalue weighted by Crippen LogP contribution is -2.29. The van der Waals surface area contributed by atoms with Crippen LogP contribution in [0, 0.1) is 5.92 Å². The maximum atomic E-state index is 6.34. The fourth-order valence-electron chi connectivity index (χ4n) is 5.14. The SMILES string of the molecule is CC(C)Cn1cc(-c2nc(-c3nc4cc(CN5CCCCC5)ccc4[nH]3)co2)c2cc(Cl)ccc21.Cl.Cl. The number of aromatic nitrogens is 4. The largest absolute Gasteiger partial charge is 0.444 e. The molecule has 0 saturated carbocycles. The number of hydrogen-bond donors (Lipinski definition) is 1.